The zero-order valence-electron chi connectivity index (χ0n) is 11.7. The molecule has 0 heterocycles. The van der Waals surface area contributed by atoms with Crippen molar-refractivity contribution in [1.82, 2.24) is 10.6 Å². The van der Waals surface area contributed by atoms with Crippen LogP contribution in [0, 0.1) is 5.41 Å². The highest BCUT2D eigenvalue weighted by Crippen LogP contribution is 2.13. The molecule has 1 aromatic carbocycles. The molecule has 3 nitrogen and oxygen atoms in total. The first-order valence-corrected chi connectivity index (χ1v) is 7.13. The minimum Gasteiger partial charge on any atom is -0.338 e. The second-order valence-electron chi connectivity index (χ2n) is 5.48. The Labute approximate surface area is 123 Å². The van der Waals surface area contributed by atoms with Gasteiger partial charge in [0.05, 0.1) is 0 Å². The summed E-state index contributed by atoms with van der Waals surface area (Å²) in [6, 6.07) is 7.92. The number of carbonyl (C=O) groups is 1. The van der Waals surface area contributed by atoms with E-state index in [4.69, 9.17) is 0 Å². The van der Waals surface area contributed by atoms with Gasteiger partial charge in [-0.2, -0.15) is 0 Å². The third-order valence-corrected chi connectivity index (χ3v) is 2.94. The molecule has 1 rings (SSSR count). The fourth-order valence-electron chi connectivity index (χ4n) is 1.39. The van der Waals surface area contributed by atoms with Crippen molar-refractivity contribution in [3.05, 3.63) is 46.6 Å². The van der Waals surface area contributed by atoms with Crippen molar-refractivity contribution in [2.45, 2.75) is 27.2 Å². The minimum atomic E-state index is -0.169. The number of rotatable bonds is 4. The van der Waals surface area contributed by atoms with Crippen molar-refractivity contribution in [3.63, 3.8) is 0 Å². The molecule has 4 heteroatoms. The molecule has 0 aliphatic carbocycles. The number of carbonyl (C=O) groups excluding carboxylic acids is 1. The molecule has 0 aromatic heterocycles. The lowest BCUT2D eigenvalue weighted by molar-refractivity contribution is 0.244. The Hall–Kier alpha value is -1.29. The van der Waals surface area contributed by atoms with Crippen LogP contribution in [0.1, 0.15) is 26.3 Å². The van der Waals surface area contributed by atoms with E-state index in [-0.39, 0.29) is 11.4 Å². The first-order chi connectivity index (χ1) is 8.87. The molecule has 2 amide bonds. The van der Waals surface area contributed by atoms with E-state index in [0.717, 1.165) is 10.9 Å². The molecule has 0 saturated carbocycles. The van der Waals surface area contributed by atoms with Crippen LogP contribution >= 0.6 is 15.9 Å². The third-order valence-electron chi connectivity index (χ3n) is 2.41. The summed E-state index contributed by atoms with van der Waals surface area (Å²) in [6.07, 6.45) is 4.47. The average molecular weight is 325 g/mol. The second kappa shape index (κ2) is 7.34. The highest BCUT2D eigenvalue weighted by atomic mass is 79.9. The Morgan fingerprint density at radius 2 is 1.89 bits per heavy atom. The summed E-state index contributed by atoms with van der Waals surface area (Å²) in [5.41, 5.74) is 1.28. The van der Waals surface area contributed by atoms with Gasteiger partial charge in [-0.3, -0.25) is 0 Å². The Balaban J connectivity index is 2.24. The number of hydrogen-bond donors (Lipinski definition) is 2. The first-order valence-electron chi connectivity index (χ1n) is 6.33. The van der Waals surface area contributed by atoms with Crippen molar-refractivity contribution in [2.75, 3.05) is 6.54 Å². The minimum absolute atomic E-state index is 0.0741. The van der Waals surface area contributed by atoms with Gasteiger partial charge in [0.15, 0.2) is 0 Å². The molecule has 0 bridgehead atoms. The molecule has 0 spiro atoms. The van der Waals surface area contributed by atoms with Gasteiger partial charge < -0.3 is 10.6 Å². The van der Waals surface area contributed by atoms with Gasteiger partial charge in [0, 0.05) is 17.2 Å². The lowest BCUT2D eigenvalue weighted by Gasteiger charge is -2.11. The number of hydrogen-bond acceptors (Lipinski definition) is 1. The van der Waals surface area contributed by atoms with E-state index in [1.807, 2.05) is 30.3 Å². The van der Waals surface area contributed by atoms with Crippen LogP contribution in [-0.4, -0.2) is 12.6 Å². The molecular formula is C15H21BrN2O. The molecule has 19 heavy (non-hydrogen) atoms. The maximum absolute atomic E-state index is 11.5. The fourth-order valence-corrected chi connectivity index (χ4v) is 1.65. The van der Waals surface area contributed by atoms with E-state index < -0.39 is 0 Å². The predicted molar refractivity (Wildman–Crippen MR) is 83.0 cm³/mol. The van der Waals surface area contributed by atoms with Crippen LogP contribution in [0.3, 0.4) is 0 Å². The van der Waals surface area contributed by atoms with Crippen molar-refractivity contribution >= 4 is 22.0 Å². The van der Waals surface area contributed by atoms with Crippen LogP contribution in [0.25, 0.3) is 0 Å². The number of nitrogens with one attached hydrogen (secondary N) is 2. The van der Waals surface area contributed by atoms with Crippen molar-refractivity contribution in [2.24, 2.45) is 5.41 Å². The molecule has 104 valence electrons. The second-order valence-corrected chi connectivity index (χ2v) is 6.39. The van der Waals surface area contributed by atoms with Gasteiger partial charge in [-0.15, -0.1) is 0 Å². The van der Waals surface area contributed by atoms with Gasteiger partial charge in [-0.05, 0) is 29.5 Å². The van der Waals surface area contributed by atoms with Crippen LogP contribution < -0.4 is 10.6 Å². The number of amides is 2. The molecule has 1 aromatic rings. The van der Waals surface area contributed by atoms with Gasteiger partial charge in [-0.25, -0.2) is 4.79 Å². The molecule has 0 radical (unpaired) electrons. The number of benzene rings is 1. The number of urea groups is 1. The summed E-state index contributed by atoms with van der Waals surface area (Å²) in [5, 5.41) is 5.52. The van der Waals surface area contributed by atoms with E-state index in [0.29, 0.717) is 6.54 Å². The average Bonchev–Trinajstić information content (AvgIpc) is 2.30. The first kappa shape index (κ1) is 15.8. The largest absolute Gasteiger partial charge is 0.338 e. The Morgan fingerprint density at radius 1 is 1.26 bits per heavy atom. The Kier molecular flexibility index (Phi) is 6.09. The molecule has 2 N–H and O–H groups in total. The summed E-state index contributed by atoms with van der Waals surface area (Å²) < 4.78 is 1.06. The van der Waals surface area contributed by atoms with Crippen LogP contribution in [0.15, 0.2) is 41.0 Å². The standard InChI is InChI=1S/C15H21BrN2O/c1-15(2,3)9-11-18-14(19)17-10-8-12-4-6-13(16)7-5-12/h4-7,9,11H,8,10H2,1-3H3,(H2,17,18,19)/b11-9+. The summed E-state index contributed by atoms with van der Waals surface area (Å²) in [7, 11) is 0. The fraction of sp³-hybridized carbons (Fsp3) is 0.400. The molecular weight excluding hydrogens is 304 g/mol. The van der Waals surface area contributed by atoms with Gasteiger partial charge in [0.25, 0.3) is 0 Å². The van der Waals surface area contributed by atoms with Crippen molar-refractivity contribution in [3.8, 4) is 0 Å². The van der Waals surface area contributed by atoms with Crippen LogP contribution in [0.5, 0.6) is 0 Å². The Morgan fingerprint density at radius 3 is 2.47 bits per heavy atom. The molecule has 0 aliphatic rings. The summed E-state index contributed by atoms with van der Waals surface area (Å²) in [5.74, 6) is 0. The normalized spacial score (nSPS) is 11.6. The number of halogens is 1. The predicted octanol–water partition coefficient (Wildman–Crippen LogP) is 3.85. The molecule has 0 saturated heterocycles. The summed E-state index contributed by atoms with van der Waals surface area (Å²) in [4.78, 5) is 11.5. The van der Waals surface area contributed by atoms with Gasteiger partial charge in [-0.1, -0.05) is 54.9 Å². The van der Waals surface area contributed by atoms with E-state index >= 15 is 0 Å². The molecule has 0 aliphatic heterocycles. The number of allylic oxidation sites excluding steroid dienone is 1. The maximum atomic E-state index is 11.5. The van der Waals surface area contributed by atoms with Crippen LogP contribution in [-0.2, 0) is 6.42 Å². The topological polar surface area (TPSA) is 41.1 Å². The van der Waals surface area contributed by atoms with E-state index in [2.05, 4.69) is 47.3 Å². The zero-order chi connectivity index (χ0) is 14.3. The quantitative estimate of drug-likeness (QED) is 0.867. The highest BCUT2D eigenvalue weighted by molar-refractivity contribution is 9.10. The molecule has 0 fully saturated rings. The van der Waals surface area contributed by atoms with Gasteiger partial charge in [0.1, 0.15) is 0 Å². The summed E-state index contributed by atoms with van der Waals surface area (Å²) >= 11 is 3.39. The molecule has 0 unspecified atom stereocenters. The van der Waals surface area contributed by atoms with Crippen LogP contribution in [0.4, 0.5) is 4.79 Å². The lowest BCUT2D eigenvalue weighted by atomic mass is 9.97. The Bertz CT molecular complexity index is 432. The van der Waals surface area contributed by atoms with E-state index in [1.54, 1.807) is 6.20 Å². The van der Waals surface area contributed by atoms with Crippen molar-refractivity contribution in [1.29, 1.82) is 0 Å². The monoisotopic (exact) mass is 324 g/mol. The SMILES string of the molecule is CC(C)(C)/C=C/NC(=O)NCCc1ccc(Br)cc1. The third kappa shape index (κ3) is 7.67. The maximum Gasteiger partial charge on any atom is 0.318 e. The molecule has 0 atom stereocenters. The van der Waals surface area contributed by atoms with Gasteiger partial charge in [0.2, 0.25) is 0 Å². The zero-order valence-corrected chi connectivity index (χ0v) is 13.3. The van der Waals surface area contributed by atoms with Crippen LogP contribution in [0.2, 0.25) is 0 Å². The highest BCUT2D eigenvalue weighted by Gasteiger charge is 2.04. The van der Waals surface area contributed by atoms with E-state index in [9.17, 15) is 4.79 Å². The van der Waals surface area contributed by atoms with Crippen molar-refractivity contribution < 1.29 is 4.79 Å². The summed E-state index contributed by atoms with van der Waals surface area (Å²) in [6.45, 7) is 6.86. The van der Waals surface area contributed by atoms with E-state index in [1.165, 1.54) is 5.56 Å². The van der Waals surface area contributed by atoms with Gasteiger partial charge >= 0.3 is 6.03 Å². The lowest BCUT2D eigenvalue weighted by Crippen LogP contribution is -2.33. The smallest absolute Gasteiger partial charge is 0.318 e.